The van der Waals surface area contributed by atoms with Gasteiger partial charge in [0.05, 0.1) is 25.8 Å². The van der Waals surface area contributed by atoms with Crippen LogP contribution in [-0.2, 0) is 4.79 Å². The number of aromatic nitrogens is 2. The fourth-order valence-corrected chi connectivity index (χ4v) is 4.24. The summed E-state index contributed by atoms with van der Waals surface area (Å²) >= 11 is 0. The number of nitrogens with one attached hydrogen (secondary N) is 2. The van der Waals surface area contributed by atoms with E-state index < -0.39 is 5.92 Å². The number of hydrogen-bond acceptors (Lipinski definition) is 5. The molecule has 0 saturated carbocycles. The Morgan fingerprint density at radius 3 is 2.53 bits per heavy atom. The van der Waals surface area contributed by atoms with Crippen LogP contribution in [0.15, 0.2) is 60.7 Å². The first-order valence-electron chi connectivity index (χ1n) is 10.2. The second-order valence-electron chi connectivity index (χ2n) is 7.66. The number of aromatic amines is 1. The van der Waals surface area contributed by atoms with E-state index in [1.165, 1.54) is 0 Å². The van der Waals surface area contributed by atoms with Gasteiger partial charge in [-0.15, -0.1) is 0 Å². The number of methoxy groups -OCH3 is 2. The van der Waals surface area contributed by atoms with Crippen molar-refractivity contribution in [2.24, 2.45) is 0 Å². The first kappa shape index (κ1) is 19.8. The molecule has 7 heteroatoms. The number of nitrogens with zero attached hydrogens (tertiary/aromatic N) is 1. The van der Waals surface area contributed by atoms with Crippen molar-refractivity contribution in [1.82, 2.24) is 10.2 Å². The quantitative estimate of drug-likeness (QED) is 0.456. The lowest BCUT2D eigenvalue weighted by Crippen LogP contribution is -2.27. The summed E-state index contributed by atoms with van der Waals surface area (Å²) in [5.74, 6) is 0.538. The lowest BCUT2D eigenvalue weighted by atomic mass is 9.83. The third kappa shape index (κ3) is 3.28. The molecular weight excluding hydrogens is 406 g/mol. The molecule has 1 atom stereocenters. The summed E-state index contributed by atoms with van der Waals surface area (Å²) in [6.07, 6.45) is 0.0541. The number of ketones is 1. The van der Waals surface area contributed by atoms with Gasteiger partial charge >= 0.3 is 0 Å². The fraction of sp³-hybridized carbons (Fsp3) is 0.160. The number of hydrogen-bond donors (Lipinski definition) is 2. The van der Waals surface area contributed by atoms with Gasteiger partial charge in [0.1, 0.15) is 0 Å². The molecule has 1 unspecified atom stereocenters. The van der Waals surface area contributed by atoms with Crippen molar-refractivity contribution in [2.75, 3.05) is 19.5 Å². The lowest BCUT2D eigenvalue weighted by molar-refractivity contribution is -0.116. The van der Waals surface area contributed by atoms with Crippen LogP contribution in [0.1, 0.15) is 28.3 Å². The molecule has 32 heavy (non-hydrogen) atoms. The summed E-state index contributed by atoms with van der Waals surface area (Å²) in [5, 5.41) is 12.1. The minimum Gasteiger partial charge on any atom is -0.493 e. The smallest absolute Gasteiger partial charge is 0.226 e. The van der Waals surface area contributed by atoms with E-state index in [1.807, 2.05) is 54.6 Å². The Morgan fingerprint density at radius 2 is 1.75 bits per heavy atom. The zero-order valence-corrected chi connectivity index (χ0v) is 17.6. The van der Waals surface area contributed by atoms with Gasteiger partial charge in [0.15, 0.2) is 23.1 Å². The van der Waals surface area contributed by atoms with Crippen LogP contribution < -0.4 is 14.8 Å². The molecule has 1 aliphatic rings. The normalized spacial score (nSPS) is 15.2. The van der Waals surface area contributed by atoms with E-state index in [4.69, 9.17) is 9.47 Å². The van der Waals surface area contributed by atoms with E-state index in [9.17, 15) is 9.59 Å². The zero-order valence-electron chi connectivity index (χ0n) is 17.6. The summed E-state index contributed by atoms with van der Waals surface area (Å²) in [4.78, 5) is 26.0. The van der Waals surface area contributed by atoms with E-state index >= 15 is 0 Å². The average molecular weight is 427 g/mol. The van der Waals surface area contributed by atoms with Crippen LogP contribution in [0.25, 0.3) is 22.0 Å². The van der Waals surface area contributed by atoms with E-state index in [0.717, 1.165) is 16.3 Å². The van der Waals surface area contributed by atoms with Crippen LogP contribution in [0, 0.1) is 0 Å². The lowest BCUT2D eigenvalue weighted by Gasteiger charge is -2.22. The average Bonchev–Trinajstić information content (AvgIpc) is 3.26. The molecule has 1 aromatic heterocycles. The summed E-state index contributed by atoms with van der Waals surface area (Å²) in [6.45, 7) is 0. The Balaban J connectivity index is 1.60. The van der Waals surface area contributed by atoms with Crippen molar-refractivity contribution in [3.05, 3.63) is 71.8 Å². The van der Waals surface area contributed by atoms with Gasteiger partial charge in [0, 0.05) is 23.1 Å². The molecule has 7 nitrogen and oxygen atoms in total. The molecule has 160 valence electrons. The van der Waals surface area contributed by atoms with Crippen molar-refractivity contribution >= 4 is 28.3 Å². The van der Waals surface area contributed by atoms with Gasteiger partial charge in [0.2, 0.25) is 5.91 Å². The minimum absolute atomic E-state index is 0.0541. The number of fused-ring (bicyclic) bond motifs is 2. The summed E-state index contributed by atoms with van der Waals surface area (Å²) in [5.41, 5.74) is 2.69. The number of H-pyrrole nitrogens is 1. The second kappa shape index (κ2) is 7.85. The van der Waals surface area contributed by atoms with E-state index in [0.29, 0.717) is 34.1 Å². The van der Waals surface area contributed by atoms with Crippen LogP contribution in [0.4, 0.5) is 5.82 Å². The molecule has 5 rings (SSSR count). The first-order valence-corrected chi connectivity index (χ1v) is 10.2. The minimum atomic E-state index is -0.651. The van der Waals surface area contributed by atoms with Crippen molar-refractivity contribution in [3.63, 3.8) is 0 Å². The third-order valence-corrected chi connectivity index (χ3v) is 5.82. The molecule has 1 aliphatic heterocycles. The maximum Gasteiger partial charge on any atom is 0.226 e. The van der Waals surface area contributed by atoms with Crippen LogP contribution in [-0.4, -0.2) is 36.1 Å². The molecule has 2 heterocycles. The third-order valence-electron chi connectivity index (χ3n) is 5.82. The van der Waals surface area contributed by atoms with Crippen LogP contribution in [0.3, 0.4) is 0 Å². The highest BCUT2D eigenvalue weighted by molar-refractivity contribution is 6.10. The number of Topliss-reactive ketones (excluding diaryl/α,β-unsaturated/α-hetero) is 1. The van der Waals surface area contributed by atoms with Gasteiger partial charge in [-0.05, 0) is 35.0 Å². The Morgan fingerprint density at radius 1 is 0.969 bits per heavy atom. The van der Waals surface area contributed by atoms with Gasteiger partial charge in [-0.25, -0.2) is 0 Å². The molecule has 1 amide bonds. The van der Waals surface area contributed by atoms with Crippen molar-refractivity contribution in [3.8, 4) is 22.8 Å². The summed E-state index contributed by atoms with van der Waals surface area (Å²) in [6, 6.07) is 19.0. The zero-order chi connectivity index (χ0) is 22.2. The molecule has 0 radical (unpaired) electrons. The van der Waals surface area contributed by atoms with Gasteiger partial charge < -0.3 is 14.8 Å². The van der Waals surface area contributed by atoms with Crippen molar-refractivity contribution < 1.29 is 19.1 Å². The van der Waals surface area contributed by atoms with Gasteiger partial charge in [-0.1, -0.05) is 36.4 Å². The molecule has 0 saturated heterocycles. The Labute approximate surface area is 184 Å². The maximum atomic E-state index is 13.6. The van der Waals surface area contributed by atoms with E-state index in [1.54, 1.807) is 20.3 Å². The number of carbonyl (C=O) groups is 2. The maximum absolute atomic E-state index is 13.6. The monoisotopic (exact) mass is 427 g/mol. The largest absolute Gasteiger partial charge is 0.493 e. The highest BCUT2D eigenvalue weighted by Gasteiger charge is 2.36. The number of carbonyl (C=O) groups excluding carboxylic acids is 2. The second-order valence-corrected chi connectivity index (χ2v) is 7.66. The predicted molar refractivity (Wildman–Crippen MR) is 121 cm³/mol. The Hall–Kier alpha value is -4.13. The molecule has 0 spiro atoms. The first-order chi connectivity index (χ1) is 15.6. The fourth-order valence-electron chi connectivity index (χ4n) is 4.24. The number of ether oxygens (including phenoxy) is 2. The number of anilines is 1. The van der Waals surface area contributed by atoms with Crippen LogP contribution in [0.2, 0.25) is 0 Å². The summed E-state index contributed by atoms with van der Waals surface area (Å²) in [7, 11) is 3.14. The number of benzene rings is 3. The predicted octanol–water partition coefficient (Wildman–Crippen LogP) is 4.56. The molecule has 4 aromatic rings. The molecule has 0 aliphatic carbocycles. The summed E-state index contributed by atoms with van der Waals surface area (Å²) < 4.78 is 10.8. The van der Waals surface area contributed by atoms with Gasteiger partial charge in [0.25, 0.3) is 0 Å². The number of amides is 1. The highest BCUT2D eigenvalue weighted by Crippen LogP contribution is 2.41. The Bertz CT molecular complexity index is 1360. The van der Waals surface area contributed by atoms with E-state index in [-0.39, 0.29) is 18.1 Å². The molecule has 3 aromatic carbocycles. The molecule has 2 N–H and O–H groups in total. The van der Waals surface area contributed by atoms with Crippen molar-refractivity contribution in [1.29, 1.82) is 0 Å². The van der Waals surface area contributed by atoms with Gasteiger partial charge in [-0.2, -0.15) is 5.10 Å². The topological polar surface area (TPSA) is 93.3 Å². The molecule has 0 bridgehead atoms. The SMILES string of the molecule is COc1ccc(-c2[nH]nc3c2C(C(=O)c2ccc4ccccc4c2)CC(=O)N3)cc1OC. The van der Waals surface area contributed by atoms with Crippen molar-refractivity contribution in [2.45, 2.75) is 12.3 Å². The Kier molecular flexibility index (Phi) is 4.86. The molecular formula is C25H21N3O4. The standard InChI is InChI=1S/C25H21N3O4/c1-31-19-10-9-16(12-20(19)32-2)23-22-18(13-21(29)26-25(22)28-27-23)24(30)17-8-7-14-5-3-4-6-15(14)11-17/h3-12,18H,13H2,1-2H3,(H2,26,27,28,29). The van der Waals surface area contributed by atoms with Crippen LogP contribution in [0.5, 0.6) is 11.5 Å². The van der Waals surface area contributed by atoms with Gasteiger partial charge in [-0.3, -0.25) is 14.7 Å². The molecule has 0 fully saturated rings. The van der Waals surface area contributed by atoms with E-state index in [2.05, 4.69) is 15.5 Å². The number of rotatable bonds is 5. The highest BCUT2D eigenvalue weighted by atomic mass is 16.5. The van der Waals surface area contributed by atoms with Crippen LogP contribution >= 0.6 is 0 Å².